The monoisotopic (exact) mass is 392 g/mol. The van der Waals surface area contributed by atoms with Gasteiger partial charge in [-0.05, 0) is 56.8 Å². The van der Waals surface area contributed by atoms with Gasteiger partial charge in [0.25, 0.3) is 0 Å². The number of hydrogen-bond acceptors (Lipinski definition) is 1. The van der Waals surface area contributed by atoms with Crippen molar-refractivity contribution in [2.45, 2.75) is 106 Å². The Morgan fingerprint density at radius 3 is 1.44 bits per heavy atom. The molecule has 0 fully saturated rings. The smallest absolute Gasteiger partial charge is 0.193 e. The second kappa shape index (κ2) is 13.3. The zero-order chi connectivity index (χ0) is 21.7. The molecule has 2 heteroatoms. The van der Waals surface area contributed by atoms with E-state index in [1.54, 1.807) is 0 Å². The molecule has 1 aromatic carbocycles. The molecule has 0 aliphatic heterocycles. The average molecular weight is 393 g/mol. The number of benzene rings is 1. The van der Waals surface area contributed by atoms with Crippen molar-refractivity contribution in [3.05, 3.63) is 48.0 Å². The minimum Gasteiger partial charge on any atom is -0.408 e. The van der Waals surface area contributed by atoms with Crippen molar-refractivity contribution in [3.8, 4) is 0 Å². The molecule has 1 aromatic rings. The van der Waals surface area contributed by atoms with Gasteiger partial charge in [0.2, 0.25) is 0 Å². The van der Waals surface area contributed by atoms with E-state index in [1.807, 2.05) is 13.8 Å². The van der Waals surface area contributed by atoms with Gasteiger partial charge in [-0.1, -0.05) is 90.8 Å². The molecule has 0 saturated carbocycles. The van der Waals surface area contributed by atoms with Crippen molar-refractivity contribution in [1.29, 1.82) is 0 Å². The Morgan fingerprint density at radius 2 is 1.19 bits per heavy atom. The molecule has 0 aromatic heterocycles. The van der Waals surface area contributed by atoms with Gasteiger partial charge in [-0.2, -0.15) is 0 Å². The van der Waals surface area contributed by atoms with Crippen LogP contribution in [-0.2, 0) is 10.0 Å². The van der Waals surface area contributed by atoms with Crippen molar-refractivity contribution in [2.24, 2.45) is 5.41 Å². The maximum Gasteiger partial charge on any atom is 0.193 e. The number of hydrogen-bond donors (Lipinski definition) is 0. The summed E-state index contributed by atoms with van der Waals surface area (Å²) in [7, 11) is -1.54. The van der Waals surface area contributed by atoms with Gasteiger partial charge in [-0.3, -0.25) is 0 Å². The SMILES string of the molecule is C=C(C)C.CCC(C)(C)C.CC[Si](CC)(CC)OC(C)(C)c1ccccc1. The fourth-order valence-electron chi connectivity index (χ4n) is 2.41. The van der Waals surface area contributed by atoms with E-state index in [1.165, 1.54) is 35.7 Å². The molecule has 1 nitrogen and oxygen atoms in total. The van der Waals surface area contributed by atoms with Crippen LogP contribution in [-0.4, -0.2) is 8.32 Å². The van der Waals surface area contributed by atoms with E-state index in [-0.39, 0.29) is 5.60 Å². The van der Waals surface area contributed by atoms with E-state index in [9.17, 15) is 0 Å². The molecule has 0 radical (unpaired) electrons. The third-order valence-electron chi connectivity index (χ3n) is 4.93. The lowest BCUT2D eigenvalue weighted by Crippen LogP contribution is -2.43. The fraction of sp³-hybridized carbons (Fsp3) is 0.680. The van der Waals surface area contributed by atoms with Gasteiger partial charge in [0.15, 0.2) is 8.32 Å². The summed E-state index contributed by atoms with van der Waals surface area (Å²) < 4.78 is 6.60. The van der Waals surface area contributed by atoms with E-state index in [2.05, 4.69) is 99.2 Å². The molecule has 0 aliphatic rings. The number of rotatable bonds is 6. The van der Waals surface area contributed by atoms with Crippen LogP contribution in [0.2, 0.25) is 18.1 Å². The normalized spacial score (nSPS) is 11.7. The standard InChI is InChI=1S/C15H26OSi.C6H14.C4H8/c1-6-17(7-2,8-3)16-15(4,5)14-12-10-9-11-13-14;1-5-6(2,3)4;1-4(2)3/h9-13H,6-8H2,1-5H3;5H2,1-4H3;1H2,2-3H3. The van der Waals surface area contributed by atoms with Gasteiger partial charge < -0.3 is 4.43 Å². The first-order chi connectivity index (χ1) is 12.3. The average Bonchev–Trinajstić information content (AvgIpc) is 2.60. The summed E-state index contributed by atoms with van der Waals surface area (Å²) in [6, 6.07) is 14.2. The van der Waals surface area contributed by atoms with Crippen molar-refractivity contribution in [1.82, 2.24) is 0 Å². The fourth-order valence-corrected chi connectivity index (χ4v) is 5.54. The molecule has 0 saturated heterocycles. The van der Waals surface area contributed by atoms with Gasteiger partial charge in [-0.25, -0.2) is 0 Å². The number of allylic oxidation sites excluding steroid dienone is 1. The third-order valence-corrected chi connectivity index (χ3v) is 9.74. The predicted octanol–water partition coefficient (Wildman–Crippen LogP) is 8.97. The van der Waals surface area contributed by atoms with Crippen LogP contribution >= 0.6 is 0 Å². The first-order valence-corrected chi connectivity index (χ1v) is 13.2. The molecule has 0 spiro atoms. The van der Waals surface area contributed by atoms with Crippen LogP contribution in [0.5, 0.6) is 0 Å². The summed E-state index contributed by atoms with van der Waals surface area (Å²) in [5.74, 6) is 0. The Morgan fingerprint density at radius 1 is 0.852 bits per heavy atom. The van der Waals surface area contributed by atoms with Crippen LogP contribution < -0.4 is 0 Å². The maximum atomic E-state index is 6.60. The van der Waals surface area contributed by atoms with E-state index in [0.29, 0.717) is 5.41 Å². The van der Waals surface area contributed by atoms with Crippen LogP contribution in [0, 0.1) is 5.41 Å². The van der Waals surface area contributed by atoms with E-state index < -0.39 is 8.32 Å². The van der Waals surface area contributed by atoms with Crippen molar-refractivity contribution >= 4 is 8.32 Å². The van der Waals surface area contributed by atoms with E-state index >= 15 is 0 Å². The molecule has 0 N–H and O–H groups in total. The quantitative estimate of drug-likeness (QED) is 0.346. The van der Waals surface area contributed by atoms with Gasteiger partial charge >= 0.3 is 0 Å². The Bertz CT molecular complexity index is 481. The van der Waals surface area contributed by atoms with Crippen LogP contribution in [0.15, 0.2) is 42.5 Å². The highest BCUT2D eigenvalue weighted by molar-refractivity contribution is 6.73. The Labute approximate surface area is 172 Å². The summed E-state index contributed by atoms with van der Waals surface area (Å²) in [6.07, 6.45) is 1.27. The zero-order valence-electron chi connectivity index (χ0n) is 20.3. The molecule has 0 atom stereocenters. The minimum absolute atomic E-state index is 0.157. The predicted molar refractivity (Wildman–Crippen MR) is 128 cm³/mol. The second-order valence-electron chi connectivity index (χ2n) is 9.34. The molecule has 0 bridgehead atoms. The van der Waals surface area contributed by atoms with Crippen LogP contribution in [0.4, 0.5) is 0 Å². The van der Waals surface area contributed by atoms with Crippen molar-refractivity contribution in [3.63, 3.8) is 0 Å². The third kappa shape index (κ3) is 13.9. The largest absolute Gasteiger partial charge is 0.408 e. The van der Waals surface area contributed by atoms with Gasteiger partial charge in [0.1, 0.15) is 0 Å². The topological polar surface area (TPSA) is 9.23 Å². The molecule has 158 valence electrons. The van der Waals surface area contributed by atoms with Gasteiger partial charge in [0, 0.05) is 0 Å². The summed E-state index contributed by atoms with van der Waals surface area (Å²) >= 11 is 0. The zero-order valence-corrected chi connectivity index (χ0v) is 21.3. The first-order valence-electron chi connectivity index (χ1n) is 10.7. The Balaban J connectivity index is 0. The van der Waals surface area contributed by atoms with Crippen LogP contribution in [0.1, 0.15) is 88.1 Å². The summed E-state index contributed by atoms with van der Waals surface area (Å²) in [5, 5.41) is 0. The maximum absolute atomic E-state index is 6.60. The molecule has 0 aliphatic carbocycles. The Kier molecular flexibility index (Phi) is 14.0. The molecule has 0 heterocycles. The van der Waals surface area contributed by atoms with Gasteiger partial charge in [0.05, 0.1) is 5.60 Å². The summed E-state index contributed by atoms with van der Waals surface area (Å²) in [5.41, 5.74) is 2.84. The highest BCUT2D eigenvalue weighted by atomic mass is 28.4. The molecule has 0 unspecified atom stereocenters. The summed E-state index contributed by atoms with van der Waals surface area (Å²) in [6.45, 7) is 27.7. The first kappa shape index (κ1) is 28.3. The van der Waals surface area contributed by atoms with Gasteiger partial charge in [-0.15, -0.1) is 6.58 Å². The molecule has 1 rings (SSSR count). The lowest BCUT2D eigenvalue weighted by Gasteiger charge is -2.38. The lowest BCUT2D eigenvalue weighted by molar-refractivity contribution is 0.0941. The van der Waals surface area contributed by atoms with E-state index in [4.69, 9.17) is 4.43 Å². The summed E-state index contributed by atoms with van der Waals surface area (Å²) in [4.78, 5) is 0. The molecule has 27 heavy (non-hydrogen) atoms. The lowest BCUT2D eigenvalue weighted by atomic mass is 9.94. The van der Waals surface area contributed by atoms with Crippen LogP contribution in [0.25, 0.3) is 0 Å². The van der Waals surface area contributed by atoms with Crippen molar-refractivity contribution in [2.75, 3.05) is 0 Å². The van der Waals surface area contributed by atoms with Crippen molar-refractivity contribution < 1.29 is 4.43 Å². The van der Waals surface area contributed by atoms with E-state index in [0.717, 1.165) is 0 Å². The second-order valence-corrected chi connectivity index (χ2v) is 14.0. The highest BCUT2D eigenvalue weighted by Crippen LogP contribution is 2.33. The Hall–Kier alpha value is -0.863. The molecular formula is C25H48OSi. The van der Waals surface area contributed by atoms with Crippen LogP contribution in [0.3, 0.4) is 0 Å². The molecular weight excluding hydrogens is 344 g/mol. The minimum atomic E-state index is -1.54. The highest BCUT2D eigenvalue weighted by Gasteiger charge is 2.36. The molecule has 0 amide bonds.